The predicted molar refractivity (Wildman–Crippen MR) is 103 cm³/mol. The Labute approximate surface area is 159 Å². The highest BCUT2D eigenvalue weighted by Gasteiger charge is 2.08. The molecule has 3 rings (SSSR count). The number of halogens is 1. The Kier molecular flexibility index (Phi) is 6.25. The minimum absolute atomic E-state index is 0.0589. The molecule has 0 saturated carbocycles. The zero-order valence-electron chi connectivity index (χ0n) is 14.1. The highest BCUT2D eigenvalue weighted by Crippen LogP contribution is 2.28. The zero-order chi connectivity index (χ0) is 18.4. The monoisotopic (exact) mass is 388 g/mol. The van der Waals surface area contributed by atoms with Crippen LogP contribution in [0.5, 0.6) is 5.75 Å². The molecular formula is C19H17FN2O2S2. The van der Waals surface area contributed by atoms with Crippen LogP contribution in [0.2, 0.25) is 0 Å². The summed E-state index contributed by atoms with van der Waals surface area (Å²) in [7, 11) is 1.61. The number of nitrogens with one attached hydrogen (secondary N) is 1. The summed E-state index contributed by atoms with van der Waals surface area (Å²) in [5.74, 6) is 0.727. The van der Waals surface area contributed by atoms with Crippen molar-refractivity contribution in [1.82, 2.24) is 10.3 Å². The number of aromatic nitrogens is 1. The molecule has 0 spiro atoms. The Morgan fingerprint density at radius 3 is 2.85 bits per heavy atom. The van der Waals surface area contributed by atoms with Crippen LogP contribution in [0, 0.1) is 5.82 Å². The number of rotatable bonds is 7. The van der Waals surface area contributed by atoms with E-state index in [2.05, 4.69) is 10.3 Å². The maximum absolute atomic E-state index is 13.0. The van der Waals surface area contributed by atoms with Crippen LogP contribution in [0.3, 0.4) is 0 Å². The fourth-order valence-electron chi connectivity index (χ4n) is 2.24. The van der Waals surface area contributed by atoms with Crippen molar-refractivity contribution in [1.29, 1.82) is 0 Å². The van der Waals surface area contributed by atoms with E-state index in [1.807, 2.05) is 29.6 Å². The molecule has 1 aromatic heterocycles. The molecule has 0 aliphatic carbocycles. The topological polar surface area (TPSA) is 51.2 Å². The first-order valence-corrected chi connectivity index (χ1v) is 9.74. The molecule has 3 aromatic rings. The Balaban J connectivity index is 1.49. The van der Waals surface area contributed by atoms with Crippen LogP contribution in [0.15, 0.2) is 58.3 Å². The largest absolute Gasteiger partial charge is 0.497 e. The molecule has 0 aliphatic rings. The van der Waals surface area contributed by atoms with Crippen molar-refractivity contribution in [3.63, 3.8) is 0 Å². The number of hydrogen-bond acceptors (Lipinski definition) is 5. The van der Waals surface area contributed by atoms with Gasteiger partial charge in [-0.2, -0.15) is 0 Å². The van der Waals surface area contributed by atoms with Crippen molar-refractivity contribution in [2.24, 2.45) is 0 Å². The second-order valence-corrected chi connectivity index (χ2v) is 7.50. The van der Waals surface area contributed by atoms with Crippen molar-refractivity contribution in [2.45, 2.75) is 10.9 Å². The summed E-state index contributed by atoms with van der Waals surface area (Å²) < 4.78 is 19.0. The number of ether oxygens (including phenoxy) is 1. The highest BCUT2D eigenvalue weighted by atomic mass is 32.2. The first kappa shape index (κ1) is 18.4. The third-order valence-electron chi connectivity index (χ3n) is 3.57. The Hall–Kier alpha value is -2.38. The van der Waals surface area contributed by atoms with Gasteiger partial charge in [-0.15, -0.1) is 11.3 Å². The van der Waals surface area contributed by atoms with Gasteiger partial charge in [-0.3, -0.25) is 4.79 Å². The summed E-state index contributed by atoms with van der Waals surface area (Å²) in [4.78, 5) is 16.5. The number of nitrogens with zero attached hydrogens (tertiary/aromatic N) is 1. The number of carbonyl (C=O) groups excluding carboxylic acids is 1. The van der Waals surface area contributed by atoms with Gasteiger partial charge in [0.05, 0.1) is 18.6 Å². The number of benzene rings is 2. The van der Waals surface area contributed by atoms with Gasteiger partial charge < -0.3 is 10.1 Å². The van der Waals surface area contributed by atoms with Crippen LogP contribution in [-0.2, 0) is 11.3 Å². The molecule has 0 atom stereocenters. The molecule has 26 heavy (non-hydrogen) atoms. The van der Waals surface area contributed by atoms with Gasteiger partial charge >= 0.3 is 0 Å². The summed E-state index contributed by atoms with van der Waals surface area (Å²) in [6.45, 7) is 0.454. The normalized spacial score (nSPS) is 10.5. The second kappa shape index (κ2) is 8.82. The van der Waals surface area contributed by atoms with Crippen molar-refractivity contribution in [3.8, 4) is 17.0 Å². The SMILES string of the molecule is COc1cccc(CNC(=O)CSc2nc(-c3ccc(F)cc3)cs2)c1. The van der Waals surface area contributed by atoms with Gasteiger partial charge in [0.25, 0.3) is 0 Å². The maximum atomic E-state index is 13.0. The van der Waals surface area contributed by atoms with Gasteiger partial charge in [0.2, 0.25) is 5.91 Å². The van der Waals surface area contributed by atoms with E-state index in [1.54, 1.807) is 19.2 Å². The van der Waals surface area contributed by atoms with E-state index in [-0.39, 0.29) is 11.7 Å². The Morgan fingerprint density at radius 2 is 2.08 bits per heavy atom. The van der Waals surface area contributed by atoms with Gasteiger partial charge in [0, 0.05) is 17.5 Å². The molecule has 0 aliphatic heterocycles. The summed E-state index contributed by atoms with van der Waals surface area (Å²) >= 11 is 2.86. The standard InChI is InChI=1S/C19H17FN2O2S2/c1-24-16-4-2-3-13(9-16)10-21-18(23)12-26-19-22-17(11-25-19)14-5-7-15(20)8-6-14/h2-9,11H,10,12H2,1H3,(H,21,23). The average Bonchev–Trinajstić information content (AvgIpc) is 3.14. The first-order chi connectivity index (χ1) is 12.6. The predicted octanol–water partition coefficient (Wildman–Crippen LogP) is 4.37. The molecule has 0 radical (unpaired) electrons. The van der Waals surface area contributed by atoms with Gasteiger partial charge in [0.1, 0.15) is 11.6 Å². The molecule has 4 nitrogen and oxygen atoms in total. The number of methoxy groups -OCH3 is 1. The number of carbonyl (C=O) groups is 1. The van der Waals surface area contributed by atoms with E-state index >= 15 is 0 Å². The molecule has 0 bridgehead atoms. The van der Waals surface area contributed by atoms with Gasteiger partial charge in [-0.05, 0) is 42.0 Å². The van der Waals surface area contributed by atoms with E-state index in [1.165, 1.54) is 35.2 Å². The Morgan fingerprint density at radius 1 is 1.27 bits per heavy atom. The van der Waals surface area contributed by atoms with E-state index in [0.29, 0.717) is 12.3 Å². The van der Waals surface area contributed by atoms with Gasteiger partial charge in [0.15, 0.2) is 4.34 Å². The molecular weight excluding hydrogens is 371 g/mol. The molecule has 1 N–H and O–H groups in total. The lowest BCUT2D eigenvalue weighted by Crippen LogP contribution is -2.24. The molecule has 1 heterocycles. The molecule has 0 saturated heterocycles. The lowest BCUT2D eigenvalue weighted by atomic mass is 10.2. The summed E-state index contributed by atoms with van der Waals surface area (Å²) in [6.07, 6.45) is 0. The third-order valence-corrected chi connectivity index (χ3v) is 5.59. The summed E-state index contributed by atoms with van der Waals surface area (Å²) in [5, 5.41) is 4.79. The second-order valence-electron chi connectivity index (χ2n) is 5.42. The fourth-order valence-corrected chi connectivity index (χ4v) is 3.90. The zero-order valence-corrected chi connectivity index (χ0v) is 15.7. The minimum atomic E-state index is -0.272. The van der Waals surface area contributed by atoms with Crippen LogP contribution < -0.4 is 10.1 Å². The van der Waals surface area contributed by atoms with E-state index in [9.17, 15) is 9.18 Å². The lowest BCUT2D eigenvalue weighted by molar-refractivity contribution is -0.118. The van der Waals surface area contributed by atoms with Crippen molar-refractivity contribution >= 4 is 29.0 Å². The van der Waals surface area contributed by atoms with Crippen LogP contribution in [0.1, 0.15) is 5.56 Å². The van der Waals surface area contributed by atoms with Crippen molar-refractivity contribution < 1.29 is 13.9 Å². The van der Waals surface area contributed by atoms with E-state index < -0.39 is 0 Å². The molecule has 0 fully saturated rings. The van der Waals surface area contributed by atoms with Crippen LogP contribution in [0.25, 0.3) is 11.3 Å². The summed E-state index contributed by atoms with van der Waals surface area (Å²) in [5.41, 5.74) is 2.63. The smallest absolute Gasteiger partial charge is 0.230 e. The average molecular weight is 388 g/mol. The van der Waals surface area contributed by atoms with Crippen LogP contribution in [-0.4, -0.2) is 23.8 Å². The lowest BCUT2D eigenvalue weighted by Gasteiger charge is -2.06. The van der Waals surface area contributed by atoms with Crippen molar-refractivity contribution in [3.05, 3.63) is 65.3 Å². The highest BCUT2D eigenvalue weighted by molar-refractivity contribution is 8.01. The van der Waals surface area contributed by atoms with E-state index in [0.717, 1.165) is 26.9 Å². The molecule has 134 valence electrons. The van der Waals surface area contributed by atoms with E-state index in [4.69, 9.17) is 4.74 Å². The van der Waals surface area contributed by atoms with Gasteiger partial charge in [-0.25, -0.2) is 9.37 Å². The number of hydrogen-bond donors (Lipinski definition) is 1. The maximum Gasteiger partial charge on any atom is 0.230 e. The van der Waals surface area contributed by atoms with Crippen molar-refractivity contribution in [2.75, 3.05) is 12.9 Å². The quantitative estimate of drug-likeness (QED) is 0.611. The van der Waals surface area contributed by atoms with Crippen LogP contribution in [0.4, 0.5) is 4.39 Å². The number of amides is 1. The molecule has 2 aromatic carbocycles. The number of thioether (sulfide) groups is 1. The minimum Gasteiger partial charge on any atom is -0.497 e. The third kappa shape index (κ3) is 5.06. The van der Waals surface area contributed by atoms with Gasteiger partial charge in [-0.1, -0.05) is 23.9 Å². The summed E-state index contributed by atoms with van der Waals surface area (Å²) in [6, 6.07) is 13.8. The van der Waals surface area contributed by atoms with Crippen LogP contribution >= 0.6 is 23.1 Å². The fraction of sp³-hybridized carbons (Fsp3) is 0.158. The molecule has 0 unspecified atom stereocenters. The first-order valence-electron chi connectivity index (χ1n) is 7.88. The number of thiazole rings is 1. The Bertz CT molecular complexity index is 881. The molecule has 1 amide bonds. The molecule has 7 heteroatoms.